The highest BCUT2D eigenvalue weighted by Crippen LogP contribution is 2.19. The highest BCUT2D eigenvalue weighted by molar-refractivity contribution is 5.90. The van der Waals surface area contributed by atoms with E-state index in [1.807, 2.05) is 6.92 Å². The van der Waals surface area contributed by atoms with E-state index in [0.29, 0.717) is 12.8 Å². The molecule has 0 aliphatic heterocycles. The fraction of sp³-hybridized carbons (Fsp3) is 0.462. The SMILES string of the molecule is CCC(C)(CCO)NC(=O)Nc1c(F)cccc1F. The lowest BCUT2D eigenvalue weighted by atomic mass is 9.95. The molecule has 0 aliphatic carbocycles. The molecule has 0 spiro atoms. The van der Waals surface area contributed by atoms with Crippen molar-refractivity contribution < 1.29 is 18.7 Å². The van der Waals surface area contributed by atoms with Gasteiger partial charge in [-0.15, -0.1) is 0 Å². The highest BCUT2D eigenvalue weighted by Gasteiger charge is 2.24. The van der Waals surface area contributed by atoms with Crippen molar-refractivity contribution in [2.75, 3.05) is 11.9 Å². The van der Waals surface area contributed by atoms with Gasteiger partial charge in [-0.1, -0.05) is 13.0 Å². The van der Waals surface area contributed by atoms with Gasteiger partial charge in [0, 0.05) is 12.1 Å². The third-order valence-corrected chi connectivity index (χ3v) is 3.06. The fourth-order valence-electron chi connectivity index (χ4n) is 1.61. The molecule has 2 amide bonds. The zero-order valence-corrected chi connectivity index (χ0v) is 11.0. The molecular formula is C13H18F2N2O2. The summed E-state index contributed by atoms with van der Waals surface area (Å²) < 4.78 is 26.7. The van der Waals surface area contributed by atoms with Crippen LogP contribution in [0.5, 0.6) is 0 Å². The smallest absolute Gasteiger partial charge is 0.319 e. The first-order chi connectivity index (χ1) is 8.91. The Hall–Kier alpha value is -1.69. The Morgan fingerprint density at radius 1 is 1.37 bits per heavy atom. The number of hydrogen-bond acceptors (Lipinski definition) is 2. The molecule has 0 heterocycles. The van der Waals surface area contributed by atoms with Gasteiger partial charge in [-0.3, -0.25) is 0 Å². The number of rotatable bonds is 5. The zero-order valence-electron chi connectivity index (χ0n) is 11.0. The number of halogens is 2. The second kappa shape index (κ2) is 6.47. The Bertz CT molecular complexity index is 434. The Morgan fingerprint density at radius 2 is 1.95 bits per heavy atom. The third-order valence-electron chi connectivity index (χ3n) is 3.06. The van der Waals surface area contributed by atoms with Crippen molar-refractivity contribution in [2.45, 2.75) is 32.2 Å². The molecule has 0 radical (unpaired) electrons. The van der Waals surface area contributed by atoms with Crippen LogP contribution in [0.2, 0.25) is 0 Å². The predicted octanol–water partition coefficient (Wildman–Crippen LogP) is 2.64. The Kier molecular flexibility index (Phi) is 5.23. The molecule has 19 heavy (non-hydrogen) atoms. The van der Waals surface area contributed by atoms with Gasteiger partial charge in [0.05, 0.1) is 0 Å². The van der Waals surface area contributed by atoms with Crippen molar-refractivity contribution in [3.05, 3.63) is 29.8 Å². The van der Waals surface area contributed by atoms with Gasteiger partial charge in [0.25, 0.3) is 0 Å². The molecule has 0 aromatic heterocycles. The maximum absolute atomic E-state index is 13.4. The van der Waals surface area contributed by atoms with Crippen molar-refractivity contribution in [2.24, 2.45) is 0 Å². The van der Waals surface area contributed by atoms with Crippen LogP contribution in [0.1, 0.15) is 26.7 Å². The number of hydrogen-bond donors (Lipinski definition) is 3. The first-order valence-electron chi connectivity index (χ1n) is 6.06. The van der Waals surface area contributed by atoms with E-state index in [2.05, 4.69) is 10.6 Å². The molecule has 106 valence electrons. The standard InChI is InChI=1S/C13H18F2N2O2/c1-3-13(2,7-8-18)17-12(19)16-11-9(14)5-4-6-10(11)15/h4-6,18H,3,7-8H2,1-2H3,(H2,16,17,19). The molecule has 0 bridgehead atoms. The van der Waals surface area contributed by atoms with Crippen LogP contribution in [-0.4, -0.2) is 23.3 Å². The molecule has 3 N–H and O–H groups in total. The van der Waals surface area contributed by atoms with Gasteiger partial charge in [0.1, 0.15) is 17.3 Å². The van der Waals surface area contributed by atoms with Crippen molar-refractivity contribution in [3.63, 3.8) is 0 Å². The predicted molar refractivity (Wildman–Crippen MR) is 68.9 cm³/mol. The molecule has 1 aromatic carbocycles. The molecular weight excluding hydrogens is 254 g/mol. The molecule has 0 aliphatic rings. The van der Waals surface area contributed by atoms with Crippen LogP contribution in [0.4, 0.5) is 19.3 Å². The van der Waals surface area contributed by atoms with Crippen molar-refractivity contribution in [1.82, 2.24) is 5.32 Å². The quantitative estimate of drug-likeness (QED) is 0.771. The number of carbonyl (C=O) groups is 1. The van der Waals surface area contributed by atoms with Crippen molar-refractivity contribution >= 4 is 11.7 Å². The Morgan fingerprint density at radius 3 is 2.42 bits per heavy atom. The van der Waals surface area contributed by atoms with E-state index < -0.39 is 28.9 Å². The van der Waals surface area contributed by atoms with Gasteiger partial charge < -0.3 is 15.7 Å². The zero-order chi connectivity index (χ0) is 14.5. The Balaban J connectivity index is 2.75. The maximum Gasteiger partial charge on any atom is 0.319 e. The van der Waals surface area contributed by atoms with Gasteiger partial charge in [-0.2, -0.15) is 0 Å². The minimum atomic E-state index is -0.837. The van der Waals surface area contributed by atoms with Crippen LogP contribution in [0.3, 0.4) is 0 Å². The van der Waals surface area contributed by atoms with Gasteiger partial charge in [-0.05, 0) is 31.9 Å². The lowest BCUT2D eigenvalue weighted by molar-refractivity contribution is 0.208. The van der Waals surface area contributed by atoms with E-state index >= 15 is 0 Å². The summed E-state index contributed by atoms with van der Waals surface area (Å²) in [6.45, 7) is 3.51. The summed E-state index contributed by atoms with van der Waals surface area (Å²) in [5.41, 5.74) is -1.11. The molecule has 0 fully saturated rings. The third kappa shape index (κ3) is 4.17. The number of benzene rings is 1. The molecule has 0 saturated carbocycles. The lowest BCUT2D eigenvalue weighted by Crippen LogP contribution is -2.48. The van der Waals surface area contributed by atoms with Crippen LogP contribution in [-0.2, 0) is 0 Å². The molecule has 1 aromatic rings. The summed E-state index contributed by atoms with van der Waals surface area (Å²) in [6, 6.07) is 2.63. The summed E-state index contributed by atoms with van der Waals surface area (Å²) in [5, 5.41) is 13.7. The summed E-state index contributed by atoms with van der Waals surface area (Å²) in [4.78, 5) is 11.7. The van der Waals surface area contributed by atoms with Crippen LogP contribution in [0.15, 0.2) is 18.2 Å². The van der Waals surface area contributed by atoms with E-state index in [1.165, 1.54) is 6.07 Å². The van der Waals surface area contributed by atoms with Crippen molar-refractivity contribution in [1.29, 1.82) is 0 Å². The van der Waals surface area contributed by atoms with Crippen LogP contribution in [0, 0.1) is 11.6 Å². The number of nitrogens with one attached hydrogen (secondary N) is 2. The molecule has 1 rings (SSSR count). The van der Waals surface area contributed by atoms with Crippen molar-refractivity contribution in [3.8, 4) is 0 Å². The molecule has 1 atom stereocenters. The number of aliphatic hydroxyl groups excluding tert-OH is 1. The van der Waals surface area contributed by atoms with Gasteiger partial charge >= 0.3 is 6.03 Å². The Labute approximate surface area is 110 Å². The molecule has 1 unspecified atom stereocenters. The van der Waals surface area contributed by atoms with E-state index in [9.17, 15) is 13.6 Å². The van der Waals surface area contributed by atoms with Gasteiger partial charge in [-0.25, -0.2) is 13.6 Å². The second-order valence-electron chi connectivity index (χ2n) is 4.56. The number of aliphatic hydroxyl groups is 1. The van der Waals surface area contributed by atoms with Gasteiger partial charge in [0.2, 0.25) is 0 Å². The first kappa shape index (κ1) is 15.4. The number of anilines is 1. The minimum absolute atomic E-state index is 0.0846. The number of urea groups is 1. The summed E-state index contributed by atoms with van der Waals surface area (Å²) in [5.74, 6) is -1.67. The normalized spacial score (nSPS) is 13.7. The van der Waals surface area contributed by atoms with E-state index in [0.717, 1.165) is 12.1 Å². The molecule has 6 heteroatoms. The highest BCUT2D eigenvalue weighted by atomic mass is 19.1. The average Bonchev–Trinajstić information content (AvgIpc) is 2.34. The lowest BCUT2D eigenvalue weighted by Gasteiger charge is -2.29. The summed E-state index contributed by atoms with van der Waals surface area (Å²) >= 11 is 0. The first-order valence-corrected chi connectivity index (χ1v) is 6.06. The van der Waals surface area contributed by atoms with Crippen LogP contribution >= 0.6 is 0 Å². The topological polar surface area (TPSA) is 61.4 Å². The largest absolute Gasteiger partial charge is 0.396 e. The fourth-order valence-corrected chi connectivity index (χ4v) is 1.61. The van der Waals surface area contributed by atoms with E-state index in [1.54, 1.807) is 6.92 Å². The van der Waals surface area contributed by atoms with E-state index in [4.69, 9.17) is 5.11 Å². The second-order valence-corrected chi connectivity index (χ2v) is 4.56. The van der Waals surface area contributed by atoms with Gasteiger partial charge in [0.15, 0.2) is 0 Å². The van der Waals surface area contributed by atoms with Crippen LogP contribution in [0.25, 0.3) is 0 Å². The monoisotopic (exact) mass is 272 g/mol. The number of carbonyl (C=O) groups excluding carboxylic acids is 1. The molecule has 4 nitrogen and oxygen atoms in total. The minimum Gasteiger partial charge on any atom is -0.396 e. The number of para-hydroxylation sites is 1. The van der Waals surface area contributed by atoms with Crippen LogP contribution < -0.4 is 10.6 Å². The van der Waals surface area contributed by atoms with E-state index in [-0.39, 0.29) is 6.61 Å². The average molecular weight is 272 g/mol. The summed E-state index contributed by atoms with van der Waals surface area (Å²) in [6.07, 6.45) is 0.942. The summed E-state index contributed by atoms with van der Waals surface area (Å²) in [7, 11) is 0. The maximum atomic E-state index is 13.4. The molecule has 0 saturated heterocycles. The number of amides is 2.